The molecule has 0 aliphatic rings. The maximum atomic E-state index is 9.02. The molecule has 3 rings (SSSR count). The van der Waals surface area contributed by atoms with E-state index >= 15 is 0 Å². The van der Waals surface area contributed by atoms with Gasteiger partial charge in [-0.25, -0.2) is 0 Å². The van der Waals surface area contributed by atoms with Crippen molar-refractivity contribution in [1.29, 1.82) is 5.26 Å². The number of pyridine rings is 1. The Morgan fingerprint density at radius 1 is 1.09 bits per heavy atom. The van der Waals surface area contributed by atoms with E-state index in [4.69, 9.17) is 15.7 Å². The van der Waals surface area contributed by atoms with Crippen molar-refractivity contribution in [3.63, 3.8) is 0 Å². The number of nitrogens with one attached hydrogen (secondary N) is 2. The molecular formula is C15H12N6O. The number of hydrogen-bond donors (Lipinski definition) is 3. The molecule has 1 aromatic carbocycles. The second-order valence-corrected chi connectivity index (χ2v) is 4.41. The fraction of sp³-hybridized carbons (Fsp3) is 0. The molecule has 22 heavy (non-hydrogen) atoms. The molecule has 0 aliphatic carbocycles. The number of ether oxygens (including phenoxy) is 1. The average molecular weight is 292 g/mol. The Morgan fingerprint density at radius 3 is 2.45 bits per heavy atom. The molecule has 0 atom stereocenters. The van der Waals surface area contributed by atoms with Crippen LogP contribution in [0.4, 0.5) is 17.3 Å². The predicted molar refractivity (Wildman–Crippen MR) is 81.8 cm³/mol. The van der Waals surface area contributed by atoms with Gasteiger partial charge in [-0.15, -0.1) is 0 Å². The molecule has 7 nitrogen and oxygen atoms in total. The van der Waals surface area contributed by atoms with Crippen LogP contribution in [0, 0.1) is 11.3 Å². The van der Waals surface area contributed by atoms with E-state index in [1.807, 2.05) is 30.3 Å². The van der Waals surface area contributed by atoms with Crippen molar-refractivity contribution >= 4 is 17.3 Å². The molecule has 2 heterocycles. The van der Waals surface area contributed by atoms with Gasteiger partial charge in [0.25, 0.3) is 0 Å². The van der Waals surface area contributed by atoms with E-state index in [0.29, 0.717) is 17.3 Å². The minimum atomic E-state index is 0.239. The van der Waals surface area contributed by atoms with Crippen molar-refractivity contribution in [3.8, 4) is 17.6 Å². The zero-order valence-electron chi connectivity index (χ0n) is 11.4. The van der Waals surface area contributed by atoms with Crippen LogP contribution in [0.25, 0.3) is 0 Å². The van der Waals surface area contributed by atoms with Crippen molar-refractivity contribution in [1.82, 2.24) is 15.2 Å². The third kappa shape index (κ3) is 2.81. The number of aromatic amines is 1. The van der Waals surface area contributed by atoms with Crippen molar-refractivity contribution in [3.05, 3.63) is 54.4 Å². The minimum Gasteiger partial charge on any atom is -0.457 e. The van der Waals surface area contributed by atoms with E-state index in [1.54, 1.807) is 24.5 Å². The number of nitriles is 1. The monoisotopic (exact) mass is 292 g/mol. The van der Waals surface area contributed by atoms with Crippen LogP contribution >= 0.6 is 0 Å². The fourth-order valence-corrected chi connectivity index (χ4v) is 1.84. The van der Waals surface area contributed by atoms with Crippen LogP contribution in [0.5, 0.6) is 11.5 Å². The maximum Gasteiger partial charge on any atom is 0.172 e. The first-order valence-corrected chi connectivity index (χ1v) is 6.45. The van der Waals surface area contributed by atoms with Gasteiger partial charge < -0.3 is 15.8 Å². The Balaban J connectivity index is 1.73. The largest absolute Gasteiger partial charge is 0.457 e. The Labute approximate surface area is 126 Å². The Morgan fingerprint density at radius 2 is 1.77 bits per heavy atom. The second-order valence-electron chi connectivity index (χ2n) is 4.41. The molecule has 0 saturated heterocycles. The van der Waals surface area contributed by atoms with Crippen LogP contribution in [0.15, 0.2) is 48.8 Å². The second kappa shape index (κ2) is 5.85. The van der Waals surface area contributed by atoms with Crippen LogP contribution in [-0.4, -0.2) is 15.2 Å². The molecule has 0 unspecified atom stereocenters. The number of rotatable bonds is 4. The van der Waals surface area contributed by atoms with Gasteiger partial charge in [0.15, 0.2) is 5.82 Å². The summed E-state index contributed by atoms with van der Waals surface area (Å²) < 4.78 is 5.67. The van der Waals surface area contributed by atoms with Crippen molar-refractivity contribution in [2.75, 3.05) is 11.1 Å². The summed E-state index contributed by atoms with van der Waals surface area (Å²) in [4.78, 5) is 3.93. The van der Waals surface area contributed by atoms with E-state index in [2.05, 4.69) is 20.5 Å². The molecule has 0 saturated carbocycles. The summed E-state index contributed by atoms with van der Waals surface area (Å²) in [6.45, 7) is 0. The van der Waals surface area contributed by atoms with Crippen LogP contribution in [0.3, 0.4) is 0 Å². The molecule has 4 N–H and O–H groups in total. The number of nitrogen functional groups attached to an aromatic ring is 1. The van der Waals surface area contributed by atoms with Gasteiger partial charge in [-0.3, -0.25) is 10.1 Å². The van der Waals surface area contributed by atoms with Crippen LogP contribution < -0.4 is 15.8 Å². The summed E-state index contributed by atoms with van der Waals surface area (Å²) in [5.41, 5.74) is 6.67. The highest BCUT2D eigenvalue weighted by Crippen LogP contribution is 2.25. The molecule has 2 aromatic heterocycles. The minimum absolute atomic E-state index is 0.239. The van der Waals surface area contributed by atoms with Crippen LogP contribution in [0.1, 0.15) is 5.56 Å². The maximum absolute atomic E-state index is 9.02. The molecule has 0 amide bonds. The van der Waals surface area contributed by atoms with Gasteiger partial charge in [-0.2, -0.15) is 10.4 Å². The standard InChI is InChI=1S/C15H12N6O/c16-9-13-14(17)20-21-15(13)19-10-1-3-11(4-2-10)22-12-5-7-18-8-6-12/h1-8H,(H4,17,19,20,21). The average Bonchev–Trinajstić information content (AvgIpc) is 2.90. The number of benzene rings is 1. The zero-order chi connectivity index (χ0) is 15.4. The van der Waals surface area contributed by atoms with Gasteiger partial charge in [0.2, 0.25) is 0 Å². The lowest BCUT2D eigenvalue weighted by molar-refractivity contribution is 0.482. The highest BCUT2D eigenvalue weighted by molar-refractivity contribution is 5.69. The van der Waals surface area contributed by atoms with Gasteiger partial charge in [0.05, 0.1) is 0 Å². The van der Waals surface area contributed by atoms with Crippen LogP contribution in [0.2, 0.25) is 0 Å². The lowest BCUT2D eigenvalue weighted by atomic mass is 10.2. The quantitative estimate of drug-likeness (QED) is 0.681. The summed E-state index contributed by atoms with van der Waals surface area (Å²) in [6, 6.07) is 12.8. The van der Waals surface area contributed by atoms with Crippen molar-refractivity contribution < 1.29 is 4.74 Å². The van der Waals surface area contributed by atoms with E-state index in [1.165, 1.54) is 0 Å². The van der Waals surface area contributed by atoms with E-state index < -0.39 is 0 Å². The van der Waals surface area contributed by atoms with E-state index in [9.17, 15) is 0 Å². The van der Waals surface area contributed by atoms with E-state index in [0.717, 1.165) is 5.69 Å². The van der Waals surface area contributed by atoms with Gasteiger partial charge in [0.1, 0.15) is 28.9 Å². The SMILES string of the molecule is N#Cc1c(Nc2ccc(Oc3ccncc3)cc2)n[nH]c1N. The highest BCUT2D eigenvalue weighted by atomic mass is 16.5. The summed E-state index contributed by atoms with van der Waals surface area (Å²) in [7, 11) is 0. The lowest BCUT2D eigenvalue weighted by Crippen LogP contribution is -1.94. The molecule has 108 valence electrons. The molecule has 3 aromatic rings. The number of aromatic nitrogens is 3. The number of hydrogen-bond acceptors (Lipinski definition) is 6. The van der Waals surface area contributed by atoms with E-state index in [-0.39, 0.29) is 11.4 Å². The Bertz CT molecular complexity index is 804. The topological polar surface area (TPSA) is 113 Å². The molecule has 0 bridgehead atoms. The van der Waals surface area contributed by atoms with Gasteiger partial charge in [-0.1, -0.05) is 0 Å². The third-order valence-electron chi connectivity index (χ3n) is 2.91. The first kappa shape index (κ1) is 13.5. The molecule has 7 heteroatoms. The van der Waals surface area contributed by atoms with Gasteiger partial charge >= 0.3 is 0 Å². The number of H-pyrrole nitrogens is 1. The first-order chi connectivity index (χ1) is 10.8. The number of anilines is 3. The molecule has 0 fully saturated rings. The molecule has 0 spiro atoms. The third-order valence-corrected chi connectivity index (χ3v) is 2.91. The lowest BCUT2D eigenvalue weighted by Gasteiger charge is -2.07. The molecular weight excluding hydrogens is 280 g/mol. The number of nitrogens with zero attached hydrogens (tertiary/aromatic N) is 3. The predicted octanol–water partition coefficient (Wildman–Crippen LogP) is 2.79. The first-order valence-electron chi connectivity index (χ1n) is 6.45. The van der Waals surface area contributed by atoms with Gasteiger partial charge in [0, 0.05) is 18.1 Å². The van der Waals surface area contributed by atoms with Crippen molar-refractivity contribution in [2.45, 2.75) is 0 Å². The Hall–Kier alpha value is -3.53. The Kier molecular flexibility index (Phi) is 3.58. The fourth-order valence-electron chi connectivity index (χ4n) is 1.84. The van der Waals surface area contributed by atoms with Crippen LogP contribution in [-0.2, 0) is 0 Å². The summed E-state index contributed by atoms with van der Waals surface area (Å²) in [6.07, 6.45) is 3.33. The van der Waals surface area contributed by atoms with Crippen molar-refractivity contribution in [2.24, 2.45) is 0 Å². The zero-order valence-corrected chi connectivity index (χ0v) is 11.4. The highest BCUT2D eigenvalue weighted by Gasteiger charge is 2.10. The molecule has 0 radical (unpaired) electrons. The summed E-state index contributed by atoms with van der Waals surface area (Å²) in [5.74, 6) is 2.03. The smallest absolute Gasteiger partial charge is 0.172 e. The summed E-state index contributed by atoms with van der Waals surface area (Å²) in [5, 5.41) is 18.6. The molecule has 0 aliphatic heterocycles. The normalized spacial score (nSPS) is 9.95. The summed E-state index contributed by atoms with van der Waals surface area (Å²) >= 11 is 0. The number of nitrogens with two attached hydrogens (primary N) is 1. The van der Waals surface area contributed by atoms with Gasteiger partial charge in [-0.05, 0) is 36.4 Å².